The largest absolute Gasteiger partial charge is 0.385 e. The number of hydrogen-bond acceptors (Lipinski definition) is 13. The van der Waals surface area contributed by atoms with Gasteiger partial charge in [-0.15, -0.1) is 5.10 Å². The van der Waals surface area contributed by atoms with Crippen LogP contribution in [0.5, 0.6) is 0 Å². The van der Waals surface area contributed by atoms with Crippen LogP contribution in [0.25, 0.3) is 5.65 Å². The number of ether oxygens (including phenoxy) is 2. The number of pyridine rings is 1. The molecule has 2 atom stereocenters. The summed E-state index contributed by atoms with van der Waals surface area (Å²) in [4.78, 5) is 71.6. The molecule has 7 aliphatic rings. The summed E-state index contributed by atoms with van der Waals surface area (Å²) in [7, 11) is 3.55. The zero-order valence-electron chi connectivity index (χ0n) is 38.5. The number of halogens is 1. The first kappa shape index (κ1) is 44.1. The molecule has 2 spiro atoms. The van der Waals surface area contributed by atoms with Crippen molar-refractivity contribution in [3.8, 4) is 0 Å². The Morgan fingerprint density at radius 1 is 1.00 bits per heavy atom. The van der Waals surface area contributed by atoms with Crippen LogP contribution in [0, 0.1) is 18.3 Å². The zero-order chi connectivity index (χ0) is 46.2. The molecule has 19 heteroatoms. The van der Waals surface area contributed by atoms with Crippen molar-refractivity contribution in [2.75, 3.05) is 94.8 Å². The van der Waals surface area contributed by atoms with Crippen molar-refractivity contribution in [2.24, 2.45) is 11.3 Å². The Hall–Kier alpha value is -5.40. The molecule has 4 aromatic rings. The van der Waals surface area contributed by atoms with Gasteiger partial charge in [-0.1, -0.05) is 23.7 Å². The number of likely N-dealkylation sites (tertiary alicyclic amines) is 1. The lowest BCUT2D eigenvalue weighted by atomic mass is 9.57. The molecule has 0 radical (unpaired) electrons. The van der Waals surface area contributed by atoms with Gasteiger partial charge in [-0.2, -0.15) is 0 Å². The van der Waals surface area contributed by atoms with Gasteiger partial charge < -0.3 is 29.9 Å². The number of anilines is 4. The number of fused-ring (bicyclic) bond motifs is 2. The molecule has 3 N–H and O–H groups in total. The molecule has 18 nitrogen and oxygen atoms in total. The van der Waals surface area contributed by atoms with E-state index in [9.17, 15) is 19.2 Å². The van der Waals surface area contributed by atoms with Crippen LogP contribution in [0.3, 0.4) is 0 Å². The van der Waals surface area contributed by atoms with Crippen molar-refractivity contribution < 1.29 is 28.7 Å². The number of rotatable bonds is 11. The number of imide groups is 1. The first-order valence-corrected chi connectivity index (χ1v) is 24.2. The highest BCUT2D eigenvalue weighted by Crippen LogP contribution is 2.53. The van der Waals surface area contributed by atoms with E-state index in [0.717, 1.165) is 102 Å². The molecule has 5 aliphatic heterocycles. The van der Waals surface area contributed by atoms with Crippen LogP contribution in [0.4, 0.5) is 27.7 Å². The van der Waals surface area contributed by atoms with Gasteiger partial charge in [0.1, 0.15) is 5.69 Å². The van der Waals surface area contributed by atoms with Gasteiger partial charge in [0.15, 0.2) is 17.2 Å². The van der Waals surface area contributed by atoms with E-state index in [1.807, 2.05) is 18.0 Å². The average molecular weight is 936 g/mol. The van der Waals surface area contributed by atoms with Crippen molar-refractivity contribution in [1.29, 1.82) is 0 Å². The van der Waals surface area contributed by atoms with Crippen molar-refractivity contribution in [1.82, 2.24) is 44.9 Å². The van der Waals surface area contributed by atoms with Crippen LogP contribution in [-0.2, 0) is 27.2 Å². The van der Waals surface area contributed by atoms with E-state index >= 15 is 0 Å². The van der Waals surface area contributed by atoms with E-state index in [1.54, 1.807) is 30.8 Å². The first-order valence-electron chi connectivity index (χ1n) is 23.9. The molecule has 1 unspecified atom stereocenters. The van der Waals surface area contributed by atoms with Crippen LogP contribution in [0.15, 0.2) is 36.5 Å². The molecule has 0 bridgehead atoms. The van der Waals surface area contributed by atoms with Gasteiger partial charge in [-0.3, -0.25) is 34.4 Å². The molecule has 1 aromatic carbocycles. The Bertz CT molecular complexity index is 2640. The topological polar surface area (TPSA) is 182 Å². The van der Waals surface area contributed by atoms with Crippen LogP contribution in [0.1, 0.15) is 82.7 Å². The Balaban J connectivity index is 0.704. The number of imidazole rings is 1. The number of carbonyl (C=O) groups excluding carboxylic acids is 4. The summed E-state index contributed by atoms with van der Waals surface area (Å²) in [6.07, 6.45) is 8.81. The molecule has 354 valence electrons. The van der Waals surface area contributed by atoms with Gasteiger partial charge >= 0.3 is 6.03 Å². The van der Waals surface area contributed by atoms with E-state index in [0.29, 0.717) is 46.8 Å². The van der Waals surface area contributed by atoms with E-state index in [2.05, 4.69) is 58.8 Å². The number of piperidine rings is 1. The number of hydrogen-bond donors (Lipinski definition) is 3. The highest BCUT2D eigenvalue weighted by molar-refractivity contribution is 6.34. The van der Waals surface area contributed by atoms with Gasteiger partial charge in [0.2, 0.25) is 5.91 Å². The molecular formula is C48H59ClN12O6. The molecule has 8 heterocycles. The highest BCUT2D eigenvalue weighted by atomic mass is 35.5. The number of nitrogens with one attached hydrogen (secondary N) is 3. The van der Waals surface area contributed by atoms with Gasteiger partial charge in [0, 0.05) is 91.2 Å². The van der Waals surface area contributed by atoms with E-state index in [4.69, 9.17) is 26.2 Å². The average Bonchev–Trinajstić information content (AvgIpc) is 3.94. The van der Waals surface area contributed by atoms with E-state index in [-0.39, 0.29) is 59.5 Å². The predicted octanol–water partition coefficient (Wildman–Crippen LogP) is 4.39. The predicted molar refractivity (Wildman–Crippen MR) is 251 cm³/mol. The summed E-state index contributed by atoms with van der Waals surface area (Å²) in [6, 6.07) is 9.67. The first-order chi connectivity index (χ1) is 32.4. The van der Waals surface area contributed by atoms with Crippen molar-refractivity contribution in [3.63, 3.8) is 0 Å². The van der Waals surface area contributed by atoms with Crippen LogP contribution in [-0.4, -0.2) is 155 Å². The monoisotopic (exact) mass is 934 g/mol. The summed E-state index contributed by atoms with van der Waals surface area (Å²) in [5.74, 6) is 0.706. The summed E-state index contributed by atoms with van der Waals surface area (Å²) in [6.45, 7) is 10.5. The number of aromatic nitrogens is 4. The summed E-state index contributed by atoms with van der Waals surface area (Å²) < 4.78 is 13.1. The minimum Gasteiger partial charge on any atom is -0.385 e. The van der Waals surface area contributed by atoms with Crippen LogP contribution in [0.2, 0.25) is 5.02 Å². The lowest BCUT2D eigenvalue weighted by molar-refractivity contribution is -0.176. The SMILES string of the molecule is CNc1cc(N2CCc3c(CN4CCN(CC5CC6(CCN(C(=O)c7cc(N8CCC(=O)NC8=O)c(Cl)c(C)n7)CC6)C5)CC45COC5)cccc32)nn2c(C(=O)NC3CC[C@H]3OC)cnc12. The normalized spacial score (nSPS) is 23.8. The Labute approximate surface area is 394 Å². The summed E-state index contributed by atoms with van der Waals surface area (Å²) in [5, 5.41) is 14.1. The number of aryl methyl sites for hydroxylation is 1. The fourth-order valence-electron chi connectivity index (χ4n) is 11.9. The molecule has 6 fully saturated rings. The maximum absolute atomic E-state index is 13.8. The molecule has 4 saturated heterocycles. The molecule has 67 heavy (non-hydrogen) atoms. The second-order valence-corrected chi connectivity index (χ2v) is 20.3. The molecule has 3 aromatic heterocycles. The minimum atomic E-state index is -0.545. The lowest BCUT2D eigenvalue weighted by Crippen LogP contribution is -2.71. The number of carbonyl (C=O) groups is 4. The standard InChI is InChI=1S/C48H59ClN12O6/c1-29-42(49)37(60-14-10-41(62)54-46(60)65)19-35(52-29)45(64)57-15-11-47(12-16-57)21-30(22-47)24-56-17-18-58(48(26-56)27-67-28-48)25-31-5-4-6-36-32(31)9-13-59(36)40-20-34(50-2)43-51-23-38(61(43)55-40)44(63)53-33-7-8-39(33)66-3/h4-6,19-20,23,30,33,39,50H,7-18,21-22,24-28H2,1-3H3,(H,53,63)(H,54,62,65)/t33?,39-/m1/s1. The van der Waals surface area contributed by atoms with Crippen LogP contribution < -0.4 is 25.8 Å². The molecule has 5 amide bonds. The quantitative estimate of drug-likeness (QED) is 0.193. The van der Waals surface area contributed by atoms with Gasteiger partial charge in [0.25, 0.3) is 11.8 Å². The Morgan fingerprint density at radius 2 is 1.81 bits per heavy atom. The summed E-state index contributed by atoms with van der Waals surface area (Å²) >= 11 is 6.57. The number of amides is 5. The van der Waals surface area contributed by atoms with Crippen LogP contribution >= 0.6 is 11.6 Å². The molecule has 2 aliphatic carbocycles. The van der Waals surface area contributed by atoms with Crippen molar-refractivity contribution >= 4 is 63.9 Å². The summed E-state index contributed by atoms with van der Waals surface area (Å²) in [5.41, 5.74) is 7.03. The van der Waals surface area contributed by atoms with Gasteiger partial charge in [0.05, 0.1) is 59.2 Å². The second kappa shape index (κ2) is 17.3. The third kappa shape index (κ3) is 7.87. The Morgan fingerprint density at radius 3 is 2.52 bits per heavy atom. The fourth-order valence-corrected chi connectivity index (χ4v) is 12.1. The number of piperazine rings is 1. The van der Waals surface area contributed by atoms with Gasteiger partial charge in [-0.25, -0.2) is 19.3 Å². The maximum Gasteiger partial charge on any atom is 0.328 e. The third-order valence-electron chi connectivity index (χ3n) is 15.9. The van der Waals surface area contributed by atoms with E-state index < -0.39 is 6.03 Å². The second-order valence-electron chi connectivity index (χ2n) is 19.9. The van der Waals surface area contributed by atoms with Gasteiger partial charge in [-0.05, 0) is 86.5 Å². The molecule has 2 saturated carbocycles. The fraction of sp³-hybridized carbons (Fsp3) is 0.562. The van der Waals surface area contributed by atoms with E-state index in [1.165, 1.54) is 28.9 Å². The highest BCUT2D eigenvalue weighted by Gasteiger charge is 2.51. The number of urea groups is 1. The molecular weight excluding hydrogens is 876 g/mol. The van der Waals surface area contributed by atoms with Crippen molar-refractivity contribution in [3.05, 3.63) is 69.8 Å². The smallest absolute Gasteiger partial charge is 0.328 e. The van der Waals surface area contributed by atoms with Crippen molar-refractivity contribution in [2.45, 2.75) is 82.5 Å². The number of nitrogens with zero attached hydrogens (tertiary/aromatic N) is 9. The zero-order valence-corrected chi connectivity index (χ0v) is 39.2. The Kier molecular flexibility index (Phi) is 11.4. The number of methoxy groups -OCH3 is 1. The number of benzene rings is 1. The molecule has 11 rings (SSSR count). The minimum absolute atomic E-state index is 0.00894. The maximum atomic E-state index is 13.8. The third-order valence-corrected chi connectivity index (χ3v) is 16.4. The lowest BCUT2D eigenvalue weighted by Gasteiger charge is -2.57.